The van der Waals surface area contributed by atoms with Crippen molar-refractivity contribution in [2.24, 2.45) is 0 Å². The number of hydrogen-bond acceptors (Lipinski definition) is 3. The highest BCUT2D eigenvalue weighted by molar-refractivity contribution is 5.92. The summed E-state index contributed by atoms with van der Waals surface area (Å²) in [4.78, 5) is 17.1. The summed E-state index contributed by atoms with van der Waals surface area (Å²) in [7, 11) is 2.06. The molecule has 2 aromatic carbocycles. The molecule has 0 bridgehead atoms. The number of carbonyl (C=O) groups excluding carboxylic acids is 1. The maximum absolute atomic E-state index is 12.6. The van der Waals surface area contributed by atoms with Gasteiger partial charge in [-0.1, -0.05) is 24.3 Å². The molecule has 142 valence electrons. The van der Waals surface area contributed by atoms with Gasteiger partial charge in [0.2, 0.25) is 5.91 Å². The van der Waals surface area contributed by atoms with Crippen molar-refractivity contribution in [1.29, 1.82) is 0 Å². The van der Waals surface area contributed by atoms with Gasteiger partial charge in [-0.05, 0) is 74.5 Å². The molecule has 1 unspecified atom stereocenters. The lowest BCUT2D eigenvalue weighted by atomic mass is 9.87. The fourth-order valence-electron chi connectivity index (χ4n) is 4.45. The quantitative estimate of drug-likeness (QED) is 0.863. The maximum atomic E-state index is 12.6. The van der Waals surface area contributed by atoms with Crippen LogP contribution in [-0.2, 0) is 11.2 Å². The third-order valence-corrected chi connectivity index (χ3v) is 5.89. The SMILES string of the molecule is CN(CC(=O)Nc1ccc(N2CCCC2)cc1)C1CCCc2ccccc21. The Labute approximate surface area is 162 Å². The molecule has 0 radical (unpaired) electrons. The lowest BCUT2D eigenvalue weighted by molar-refractivity contribution is -0.117. The molecule has 1 saturated heterocycles. The van der Waals surface area contributed by atoms with Crippen LogP contribution in [0.4, 0.5) is 11.4 Å². The number of aryl methyl sites for hydroxylation is 1. The number of amides is 1. The van der Waals surface area contributed by atoms with Gasteiger partial charge in [0, 0.05) is 30.5 Å². The largest absolute Gasteiger partial charge is 0.372 e. The minimum absolute atomic E-state index is 0.0504. The number of nitrogens with zero attached hydrogens (tertiary/aromatic N) is 2. The van der Waals surface area contributed by atoms with Crippen molar-refractivity contribution in [3.8, 4) is 0 Å². The molecule has 4 rings (SSSR count). The summed E-state index contributed by atoms with van der Waals surface area (Å²) in [6, 6.07) is 17.2. The van der Waals surface area contributed by atoms with Crippen LogP contribution in [0.2, 0.25) is 0 Å². The lowest BCUT2D eigenvalue weighted by Gasteiger charge is -2.32. The Morgan fingerprint density at radius 1 is 1.07 bits per heavy atom. The normalized spacial score (nSPS) is 19.2. The smallest absolute Gasteiger partial charge is 0.238 e. The number of likely N-dealkylation sites (N-methyl/N-ethyl adjacent to an activating group) is 1. The molecule has 1 fully saturated rings. The first-order valence-corrected chi connectivity index (χ1v) is 10.1. The molecule has 1 N–H and O–H groups in total. The van der Waals surface area contributed by atoms with E-state index in [0.717, 1.165) is 31.6 Å². The standard InChI is InChI=1S/C23H29N3O/c1-25(22-10-6-8-18-7-2-3-9-21(18)22)17-23(27)24-19-11-13-20(14-12-19)26-15-4-5-16-26/h2-3,7,9,11-14,22H,4-6,8,10,15-17H2,1H3,(H,24,27). The Bertz CT molecular complexity index is 780. The number of rotatable bonds is 5. The second-order valence-electron chi connectivity index (χ2n) is 7.81. The average Bonchev–Trinajstić information content (AvgIpc) is 3.23. The summed E-state index contributed by atoms with van der Waals surface area (Å²) < 4.78 is 0. The molecule has 4 nitrogen and oxygen atoms in total. The van der Waals surface area contributed by atoms with Crippen LogP contribution in [0, 0.1) is 0 Å². The van der Waals surface area contributed by atoms with Crippen molar-refractivity contribution in [3.05, 3.63) is 59.7 Å². The van der Waals surface area contributed by atoms with Crippen molar-refractivity contribution >= 4 is 17.3 Å². The summed E-state index contributed by atoms with van der Waals surface area (Å²) in [5, 5.41) is 3.05. The van der Waals surface area contributed by atoms with E-state index in [1.54, 1.807) is 0 Å². The molecule has 1 heterocycles. The number of carbonyl (C=O) groups is 1. The number of anilines is 2. The van der Waals surface area contributed by atoms with E-state index in [-0.39, 0.29) is 5.91 Å². The fourth-order valence-corrected chi connectivity index (χ4v) is 4.45. The predicted octanol–water partition coefficient (Wildman–Crippen LogP) is 4.23. The van der Waals surface area contributed by atoms with Gasteiger partial charge in [0.1, 0.15) is 0 Å². The van der Waals surface area contributed by atoms with Crippen LogP contribution in [0.1, 0.15) is 42.9 Å². The highest BCUT2D eigenvalue weighted by Crippen LogP contribution is 2.33. The zero-order valence-corrected chi connectivity index (χ0v) is 16.2. The Morgan fingerprint density at radius 3 is 2.59 bits per heavy atom. The molecule has 27 heavy (non-hydrogen) atoms. The summed E-state index contributed by atoms with van der Waals surface area (Å²) in [6.45, 7) is 2.69. The van der Waals surface area contributed by atoms with Gasteiger partial charge < -0.3 is 10.2 Å². The van der Waals surface area contributed by atoms with E-state index >= 15 is 0 Å². The highest BCUT2D eigenvalue weighted by Gasteiger charge is 2.24. The van der Waals surface area contributed by atoms with Crippen molar-refractivity contribution < 1.29 is 4.79 Å². The molecule has 0 saturated carbocycles. The Hall–Kier alpha value is -2.33. The fraction of sp³-hybridized carbons (Fsp3) is 0.435. The molecule has 1 atom stereocenters. The van der Waals surface area contributed by atoms with Gasteiger partial charge in [-0.25, -0.2) is 0 Å². The van der Waals surface area contributed by atoms with Crippen LogP contribution < -0.4 is 10.2 Å². The molecule has 2 aliphatic rings. The first-order chi connectivity index (χ1) is 13.2. The second-order valence-corrected chi connectivity index (χ2v) is 7.81. The minimum atomic E-state index is 0.0504. The van der Waals surface area contributed by atoms with Crippen molar-refractivity contribution in [1.82, 2.24) is 4.90 Å². The lowest BCUT2D eigenvalue weighted by Crippen LogP contribution is -2.34. The predicted molar refractivity (Wildman–Crippen MR) is 111 cm³/mol. The van der Waals surface area contributed by atoms with Crippen molar-refractivity contribution in [3.63, 3.8) is 0 Å². The van der Waals surface area contributed by atoms with E-state index in [1.165, 1.54) is 36.1 Å². The molecule has 1 amide bonds. The third-order valence-electron chi connectivity index (χ3n) is 5.89. The molecule has 1 aliphatic carbocycles. The number of benzene rings is 2. The van der Waals surface area contributed by atoms with E-state index in [2.05, 4.69) is 58.6 Å². The third kappa shape index (κ3) is 4.16. The first kappa shape index (κ1) is 18.1. The molecule has 2 aromatic rings. The van der Waals surface area contributed by atoms with Gasteiger partial charge in [0.15, 0.2) is 0 Å². The van der Waals surface area contributed by atoms with E-state index in [4.69, 9.17) is 0 Å². The van der Waals surface area contributed by atoms with Crippen LogP contribution in [0.5, 0.6) is 0 Å². The van der Waals surface area contributed by atoms with Crippen LogP contribution in [0.25, 0.3) is 0 Å². The highest BCUT2D eigenvalue weighted by atomic mass is 16.2. The monoisotopic (exact) mass is 363 g/mol. The molecule has 0 aromatic heterocycles. The zero-order chi connectivity index (χ0) is 18.6. The summed E-state index contributed by atoms with van der Waals surface area (Å²) in [5.74, 6) is 0.0504. The molecule has 0 spiro atoms. The number of fused-ring (bicyclic) bond motifs is 1. The first-order valence-electron chi connectivity index (χ1n) is 10.1. The minimum Gasteiger partial charge on any atom is -0.372 e. The van der Waals surface area contributed by atoms with Crippen LogP contribution >= 0.6 is 0 Å². The van der Waals surface area contributed by atoms with Gasteiger partial charge in [0.25, 0.3) is 0 Å². The van der Waals surface area contributed by atoms with Gasteiger partial charge in [-0.15, -0.1) is 0 Å². The Balaban J connectivity index is 1.35. The molecule has 1 aliphatic heterocycles. The number of nitrogens with one attached hydrogen (secondary N) is 1. The van der Waals surface area contributed by atoms with Crippen LogP contribution in [-0.4, -0.2) is 37.5 Å². The van der Waals surface area contributed by atoms with Crippen LogP contribution in [0.15, 0.2) is 48.5 Å². The molecular weight excluding hydrogens is 334 g/mol. The summed E-state index contributed by atoms with van der Waals surface area (Å²) in [5.41, 5.74) is 4.94. The molecule has 4 heteroatoms. The van der Waals surface area contributed by atoms with Crippen molar-refractivity contribution in [2.45, 2.75) is 38.1 Å². The van der Waals surface area contributed by atoms with Crippen molar-refractivity contribution in [2.75, 3.05) is 36.9 Å². The van der Waals surface area contributed by atoms with Gasteiger partial charge in [0.05, 0.1) is 6.54 Å². The van der Waals surface area contributed by atoms with Gasteiger partial charge in [-0.3, -0.25) is 9.69 Å². The maximum Gasteiger partial charge on any atom is 0.238 e. The summed E-state index contributed by atoms with van der Waals surface area (Å²) in [6.07, 6.45) is 6.00. The molecular formula is C23H29N3O. The zero-order valence-electron chi connectivity index (χ0n) is 16.2. The average molecular weight is 364 g/mol. The van der Waals surface area contributed by atoms with E-state index in [1.807, 2.05) is 12.1 Å². The Kier molecular flexibility index (Phi) is 5.44. The number of hydrogen-bond donors (Lipinski definition) is 1. The Morgan fingerprint density at radius 2 is 1.81 bits per heavy atom. The van der Waals surface area contributed by atoms with Crippen LogP contribution in [0.3, 0.4) is 0 Å². The van der Waals surface area contributed by atoms with E-state index < -0.39 is 0 Å². The van der Waals surface area contributed by atoms with E-state index in [9.17, 15) is 4.79 Å². The van der Waals surface area contributed by atoms with Gasteiger partial charge in [-0.2, -0.15) is 0 Å². The summed E-state index contributed by atoms with van der Waals surface area (Å²) >= 11 is 0. The topological polar surface area (TPSA) is 35.6 Å². The van der Waals surface area contributed by atoms with E-state index in [0.29, 0.717) is 12.6 Å². The second kappa shape index (κ2) is 8.13. The van der Waals surface area contributed by atoms with Gasteiger partial charge >= 0.3 is 0 Å².